The third-order valence-electron chi connectivity index (χ3n) is 2.44. The molecule has 0 spiro atoms. The number of hydrogen-bond acceptors (Lipinski definition) is 3. The molecule has 0 aliphatic carbocycles. The van der Waals surface area contributed by atoms with Crippen molar-refractivity contribution >= 4 is 23.6 Å². The molecule has 0 saturated heterocycles. The van der Waals surface area contributed by atoms with Crippen LogP contribution in [0.2, 0.25) is 0 Å². The molecule has 1 atom stereocenters. The Bertz CT molecular complexity index is 400. The molecule has 2 rings (SSSR count). The van der Waals surface area contributed by atoms with Gasteiger partial charge in [-0.25, -0.2) is 4.39 Å². The SMILES string of the molecule is O=CC1Oc2cc(F)ccc2N1CCCCl. The topological polar surface area (TPSA) is 29.5 Å². The van der Waals surface area contributed by atoms with E-state index in [1.807, 2.05) is 0 Å². The minimum atomic E-state index is -0.667. The Morgan fingerprint density at radius 2 is 2.38 bits per heavy atom. The zero-order valence-corrected chi connectivity index (χ0v) is 9.28. The molecular weight excluding hydrogens is 233 g/mol. The highest BCUT2D eigenvalue weighted by Crippen LogP contribution is 2.36. The first-order chi connectivity index (χ1) is 7.76. The van der Waals surface area contributed by atoms with Crippen molar-refractivity contribution in [3.8, 4) is 5.75 Å². The number of ether oxygens (including phenoxy) is 1. The van der Waals surface area contributed by atoms with Gasteiger partial charge in [-0.1, -0.05) is 0 Å². The van der Waals surface area contributed by atoms with E-state index in [1.165, 1.54) is 12.1 Å². The van der Waals surface area contributed by atoms with Crippen LogP contribution in [0.25, 0.3) is 0 Å². The molecule has 86 valence electrons. The molecule has 0 amide bonds. The zero-order chi connectivity index (χ0) is 11.5. The summed E-state index contributed by atoms with van der Waals surface area (Å²) in [6.45, 7) is 0.617. The maximum atomic E-state index is 13.0. The molecule has 1 aliphatic rings. The van der Waals surface area contributed by atoms with Gasteiger partial charge in [0.1, 0.15) is 11.6 Å². The van der Waals surface area contributed by atoms with Gasteiger partial charge in [-0.15, -0.1) is 11.6 Å². The van der Waals surface area contributed by atoms with Crippen molar-refractivity contribution < 1.29 is 13.9 Å². The number of nitrogens with zero attached hydrogens (tertiary/aromatic N) is 1. The summed E-state index contributed by atoms with van der Waals surface area (Å²) in [4.78, 5) is 12.6. The predicted octanol–water partition coefficient (Wildman–Crippen LogP) is 2.18. The first-order valence-electron chi connectivity index (χ1n) is 5.00. The maximum Gasteiger partial charge on any atom is 0.229 e. The fourth-order valence-electron chi connectivity index (χ4n) is 1.73. The van der Waals surface area contributed by atoms with Gasteiger partial charge >= 0.3 is 0 Å². The van der Waals surface area contributed by atoms with Crippen LogP contribution < -0.4 is 9.64 Å². The highest BCUT2D eigenvalue weighted by atomic mass is 35.5. The second kappa shape index (κ2) is 4.70. The Balaban J connectivity index is 2.26. The van der Waals surface area contributed by atoms with Crippen molar-refractivity contribution in [2.24, 2.45) is 0 Å². The van der Waals surface area contributed by atoms with E-state index in [9.17, 15) is 9.18 Å². The van der Waals surface area contributed by atoms with Crippen LogP contribution in [-0.4, -0.2) is 24.9 Å². The number of carbonyl (C=O) groups excluding carboxylic acids is 1. The van der Waals surface area contributed by atoms with Gasteiger partial charge in [-0.2, -0.15) is 0 Å². The molecule has 0 radical (unpaired) electrons. The number of halogens is 2. The molecule has 0 bridgehead atoms. The van der Waals surface area contributed by atoms with E-state index in [1.54, 1.807) is 11.0 Å². The third-order valence-corrected chi connectivity index (χ3v) is 2.70. The van der Waals surface area contributed by atoms with E-state index in [4.69, 9.17) is 16.3 Å². The van der Waals surface area contributed by atoms with Crippen LogP contribution in [0, 0.1) is 5.82 Å². The molecule has 3 nitrogen and oxygen atoms in total. The average Bonchev–Trinajstić information content (AvgIpc) is 2.63. The summed E-state index contributed by atoms with van der Waals surface area (Å²) in [7, 11) is 0. The Labute approximate surface area is 97.8 Å². The summed E-state index contributed by atoms with van der Waals surface area (Å²) in [5.41, 5.74) is 0.739. The summed E-state index contributed by atoms with van der Waals surface area (Å²) in [5, 5.41) is 0. The molecule has 16 heavy (non-hydrogen) atoms. The maximum absolute atomic E-state index is 13.0. The van der Waals surface area contributed by atoms with Gasteiger partial charge in [0.15, 0.2) is 6.29 Å². The predicted molar refractivity (Wildman–Crippen MR) is 59.6 cm³/mol. The average molecular weight is 244 g/mol. The number of aldehydes is 1. The monoisotopic (exact) mass is 243 g/mol. The van der Waals surface area contributed by atoms with Crippen LogP contribution in [0.3, 0.4) is 0 Å². The lowest BCUT2D eigenvalue weighted by Gasteiger charge is -2.20. The van der Waals surface area contributed by atoms with Gasteiger partial charge in [-0.3, -0.25) is 4.79 Å². The van der Waals surface area contributed by atoms with Crippen LogP contribution in [-0.2, 0) is 4.79 Å². The molecule has 1 aromatic rings. The smallest absolute Gasteiger partial charge is 0.229 e. The van der Waals surface area contributed by atoms with E-state index in [0.29, 0.717) is 24.5 Å². The fraction of sp³-hybridized carbons (Fsp3) is 0.364. The highest BCUT2D eigenvalue weighted by Gasteiger charge is 2.30. The lowest BCUT2D eigenvalue weighted by atomic mass is 10.2. The normalized spacial score (nSPS) is 18.1. The van der Waals surface area contributed by atoms with Crippen LogP contribution in [0.4, 0.5) is 10.1 Å². The number of hydrogen-bond donors (Lipinski definition) is 0. The second-order valence-electron chi connectivity index (χ2n) is 3.49. The van der Waals surface area contributed by atoms with E-state index < -0.39 is 6.23 Å². The number of fused-ring (bicyclic) bond motifs is 1. The van der Waals surface area contributed by atoms with Gasteiger partial charge in [0, 0.05) is 18.5 Å². The van der Waals surface area contributed by atoms with Crippen molar-refractivity contribution in [2.75, 3.05) is 17.3 Å². The third kappa shape index (κ3) is 1.97. The van der Waals surface area contributed by atoms with Gasteiger partial charge in [0.05, 0.1) is 5.69 Å². The summed E-state index contributed by atoms with van der Waals surface area (Å²) >= 11 is 5.61. The molecule has 0 fully saturated rings. The first kappa shape index (κ1) is 11.2. The molecule has 1 unspecified atom stereocenters. The standard InChI is InChI=1S/C11H11ClFNO2/c12-4-1-5-14-9-3-2-8(13)6-10(9)16-11(14)7-15/h2-3,6-7,11H,1,4-5H2. The summed E-state index contributed by atoms with van der Waals surface area (Å²) in [5.74, 6) is 0.549. The van der Waals surface area contributed by atoms with Crippen LogP contribution in [0.1, 0.15) is 6.42 Å². The lowest BCUT2D eigenvalue weighted by molar-refractivity contribution is -0.113. The van der Waals surface area contributed by atoms with Crippen molar-refractivity contribution in [2.45, 2.75) is 12.6 Å². The Kier molecular flexibility index (Phi) is 3.29. The first-order valence-corrected chi connectivity index (χ1v) is 5.54. The molecule has 0 aromatic heterocycles. The zero-order valence-electron chi connectivity index (χ0n) is 8.53. The molecule has 1 heterocycles. The Hall–Kier alpha value is -1.29. The van der Waals surface area contributed by atoms with Crippen molar-refractivity contribution in [3.63, 3.8) is 0 Å². The highest BCUT2D eigenvalue weighted by molar-refractivity contribution is 6.17. The van der Waals surface area contributed by atoms with E-state index in [2.05, 4.69) is 0 Å². The fourth-order valence-corrected chi connectivity index (χ4v) is 1.85. The number of anilines is 1. The minimum absolute atomic E-state index is 0.373. The van der Waals surface area contributed by atoms with Crippen molar-refractivity contribution in [1.29, 1.82) is 0 Å². The number of carbonyl (C=O) groups is 1. The number of benzene rings is 1. The Morgan fingerprint density at radius 3 is 3.06 bits per heavy atom. The molecule has 5 heteroatoms. The largest absolute Gasteiger partial charge is 0.461 e. The van der Waals surface area contributed by atoms with Gasteiger partial charge < -0.3 is 9.64 Å². The molecular formula is C11H11ClFNO2. The van der Waals surface area contributed by atoms with Crippen LogP contribution in [0.5, 0.6) is 5.75 Å². The summed E-state index contributed by atoms with van der Waals surface area (Å²) < 4.78 is 18.3. The number of rotatable bonds is 4. The Morgan fingerprint density at radius 1 is 1.56 bits per heavy atom. The molecule has 0 saturated carbocycles. The minimum Gasteiger partial charge on any atom is -0.461 e. The van der Waals surface area contributed by atoms with Crippen molar-refractivity contribution in [1.82, 2.24) is 0 Å². The summed E-state index contributed by atoms with van der Waals surface area (Å²) in [6, 6.07) is 4.25. The molecule has 1 aromatic carbocycles. The van der Waals surface area contributed by atoms with E-state index in [0.717, 1.165) is 12.1 Å². The van der Waals surface area contributed by atoms with Gasteiger partial charge in [0.25, 0.3) is 0 Å². The lowest BCUT2D eigenvalue weighted by Crippen LogP contribution is -2.36. The van der Waals surface area contributed by atoms with Gasteiger partial charge in [0.2, 0.25) is 6.23 Å². The molecule has 1 aliphatic heterocycles. The summed E-state index contributed by atoms with van der Waals surface area (Å²) in [6.07, 6.45) is 0.776. The quantitative estimate of drug-likeness (QED) is 0.600. The molecule has 0 N–H and O–H groups in total. The number of alkyl halides is 1. The van der Waals surface area contributed by atoms with Crippen LogP contribution in [0.15, 0.2) is 18.2 Å². The van der Waals surface area contributed by atoms with Crippen LogP contribution >= 0.6 is 11.6 Å². The van der Waals surface area contributed by atoms with E-state index in [-0.39, 0.29) is 5.82 Å². The van der Waals surface area contributed by atoms with Gasteiger partial charge in [-0.05, 0) is 18.6 Å². The van der Waals surface area contributed by atoms with Crippen molar-refractivity contribution in [3.05, 3.63) is 24.0 Å². The second-order valence-corrected chi connectivity index (χ2v) is 3.87. The van der Waals surface area contributed by atoms with E-state index >= 15 is 0 Å².